The van der Waals surface area contributed by atoms with Gasteiger partial charge in [-0.05, 0) is 38.5 Å². The van der Waals surface area contributed by atoms with Crippen LogP contribution < -0.4 is 0 Å². The lowest BCUT2D eigenvalue weighted by Gasteiger charge is -2.43. The lowest BCUT2D eigenvalue weighted by Crippen LogP contribution is -2.51. The van der Waals surface area contributed by atoms with E-state index >= 15 is 0 Å². The van der Waals surface area contributed by atoms with Crippen LogP contribution in [0, 0.1) is 23.7 Å². The van der Waals surface area contributed by atoms with E-state index in [4.69, 9.17) is 14.2 Å². The highest BCUT2D eigenvalue weighted by molar-refractivity contribution is 5.10. The van der Waals surface area contributed by atoms with Crippen LogP contribution in [0.3, 0.4) is 0 Å². The summed E-state index contributed by atoms with van der Waals surface area (Å²) in [5.74, 6) is 1.59. The number of hydrogen-bond acceptors (Lipinski definition) is 4. The van der Waals surface area contributed by atoms with Crippen LogP contribution in [0.1, 0.15) is 53.4 Å². The van der Waals surface area contributed by atoms with Crippen LogP contribution in [0.2, 0.25) is 0 Å². The Hall–Kier alpha value is -0.160. The van der Waals surface area contributed by atoms with Gasteiger partial charge in [0.15, 0.2) is 6.29 Å². The number of rotatable bonds is 6. The highest BCUT2D eigenvalue weighted by atomic mass is 16.7. The summed E-state index contributed by atoms with van der Waals surface area (Å²) >= 11 is 0. The summed E-state index contributed by atoms with van der Waals surface area (Å²) in [6, 6.07) is 0. The van der Waals surface area contributed by atoms with E-state index < -0.39 is 5.60 Å². The second-order valence-electron chi connectivity index (χ2n) is 7.64. The first-order chi connectivity index (χ1) is 10.5. The molecule has 2 bridgehead atoms. The fraction of sp³-hybridized carbons (Fsp3) is 1.00. The Bertz CT molecular complexity index is 379. The molecule has 7 atom stereocenters. The summed E-state index contributed by atoms with van der Waals surface area (Å²) in [4.78, 5) is 0. The molecule has 0 spiro atoms. The first-order valence-corrected chi connectivity index (χ1v) is 9.09. The maximum Gasteiger partial charge on any atom is 0.154 e. The fourth-order valence-electron chi connectivity index (χ4n) is 5.13. The zero-order chi connectivity index (χ0) is 15.9. The second kappa shape index (κ2) is 6.39. The molecule has 0 aromatic heterocycles. The normalized spacial score (nSPS) is 44.6. The standard InChI is InChI=1S/C18H32O4/c1-5-20-13(4)21-10-14-15(18(19)8-6-7-9-18)17-12(3)11(2)16(14)22-17/h11-17,19H,5-10H2,1-4H3. The molecule has 128 valence electrons. The van der Waals surface area contributed by atoms with E-state index in [9.17, 15) is 5.11 Å². The van der Waals surface area contributed by atoms with Crippen LogP contribution >= 0.6 is 0 Å². The van der Waals surface area contributed by atoms with Crippen LogP contribution in [0.4, 0.5) is 0 Å². The summed E-state index contributed by atoms with van der Waals surface area (Å²) in [7, 11) is 0. The Balaban J connectivity index is 1.73. The molecular weight excluding hydrogens is 280 g/mol. The van der Waals surface area contributed by atoms with E-state index in [2.05, 4.69) is 13.8 Å². The molecule has 1 aliphatic carbocycles. The van der Waals surface area contributed by atoms with E-state index in [1.54, 1.807) is 0 Å². The first kappa shape index (κ1) is 16.7. The fourth-order valence-corrected chi connectivity index (χ4v) is 5.13. The summed E-state index contributed by atoms with van der Waals surface area (Å²) in [6.45, 7) is 9.78. The molecule has 2 heterocycles. The van der Waals surface area contributed by atoms with Crippen molar-refractivity contribution in [3.05, 3.63) is 0 Å². The summed E-state index contributed by atoms with van der Waals surface area (Å²) in [6.07, 6.45) is 4.35. The van der Waals surface area contributed by atoms with E-state index in [0.29, 0.717) is 31.0 Å². The van der Waals surface area contributed by atoms with Gasteiger partial charge in [-0.2, -0.15) is 0 Å². The average Bonchev–Trinajstić information content (AvgIpc) is 3.14. The molecule has 1 saturated carbocycles. The van der Waals surface area contributed by atoms with Crippen molar-refractivity contribution in [1.82, 2.24) is 0 Å². The van der Waals surface area contributed by atoms with Gasteiger partial charge in [0, 0.05) is 18.4 Å². The molecule has 22 heavy (non-hydrogen) atoms. The van der Waals surface area contributed by atoms with Gasteiger partial charge < -0.3 is 19.3 Å². The lowest BCUT2D eigenvalue weighted by molar-refractivity contribution is -0.152. The smallest absolute Gasteiger partial charge is 0.154 e. The SMILES string of the molecule is CCOC(C)OCC1C2OC(C(C)C2C)C1C1(O)CCCC1. The van der Waals surface area contributed by atoms with E-state index in [-0.39, 0.29) is 24.4 Å². The Morgan fingerprint density at radius 2 is 1.77 bits per heavy atom. The molecule has 4 nitrogen and oxygen atoms in total. The van der Waals surface area contributed by atoms with E-state index in [0.717, 1.165) is 25.7 Å². The van der Waals surface area contributed by atoms with Gasteiger partial charge in [-0.15, -0.1) is 0 Å². The van der Waals surface area contributed by atoms with Crippen molar-refractivity contribution in [3.8, 4) is 0 Å². The quantitative estimate of drug-likeness (QED) is 0.766. The molecule has 2 saturated heterocycles. The maximum atomic E-state index is 11.2. The van der Waals surface area contributed by atoms with E-state index in [1.807, 2.05) is 13.8 Å². The topological polar surface area (TPSA) is 47.9 Å². The molecule has 3 aliphatic rings. The third kappa shape index (κ3) is 2.72. The highest BCUT2D eigenvalue weighted by Crippen LogP contribution is 2.56. The third-order valence-electron chi connectivity index (χ3n) is 6.43. The lowest BCUT2D eigenvalue weighted by atomic mass is 9.63. The monoisotopic (exact) mass is 312 g/mol. The summed E-state index contributed by atoms with van der Waals surface area (Å²) in [5.41, 5.74) is -0.545. The van der Waals surface area contributed by atoms with Crippen LogP contribution in [0.15, 0.2) is 0 Å². The second-order valence-corrected chi connectivity index (χ2v) is 7.64. The number of ether oxygens (including phenoxy) is 3. The molecule has 0 radical (unpaired) electrons. The van der Waals surface area contributed by atoms with Gasteiger partial charge in [-0.3, -0.25) is 0 Å². The predicted molar refractivity (Wildman–Crippen MR) is 84.4 cm³/mol. The minimum absolute atomic E-state index is 0.185. The first-order valence-electron chi connectivity index (χ1n) is 9.09. The van der Waals surface area contributed by atoms with Gasteiger partial charge in [0.25, 0.3) is 0 Å². The Morgan fingerprint density at radius 3 is 2.41 bits per heavy atom. The molecular formula is C18H32O4. The minimum atomic E-state index is -0.545. The molecule has 0 aromatic rings. The number of fused-ring (bicyclic) bond motifs is 2. The van der Waals surface area contributed by atoms with Crippen molar-refractivity contribution < 1.29 is 19.3 Å². The molecule has 2 aliphatic heterocycles. The van der Waals surface area contributed by atoms with E-state index in [1.165, 1.54) is 0 Å². The van der Waals surface area contributed by atoms with Crippen molar-refractivity contribution in [2.45, 2.75) is 77.5 Å². The van der Waals surface area contributed by atoms with Crippen molar-refractivity contribution in [1.29, 1.82) is 0 Å². The molecule has 1 N–H and O–H groups in total. The Kier molecular flexibility index (Phi) is 4.84. The van der Waals surface area contributed by atoms with Crippen LogP contribution in [-0.2, 0) is 14.2 Å². The Morgan fingerprint density at radius 1 is 1.14 bits per heavy atom. The number of aliphatic hydroxyl groups is 1. The van der Waals surface area contributed by atoms with Crippen LogP contribution in [0.25, 0.3) is 0 Å². The van der Waals surface area contributed by atoms with Gasteiger partial charge in [0.1, 0.15) is 0 Å². The minimum Gasteiger partial charge on any atom is -0.389 e. The average molecular weight is 312 g/mol. The number of hydrogen-bond donors (Lipinski definition) is 1. The third-order valence-corrected chi connectivity index (χ3v) is 6.43. The van der Waals surface area contributed by atoms with Crippen LogP contribution in [0.5, 0.6) is 0 Å². The van der Waals surface area contributed by atoms with Crippen LogP contribution in [-0.4, -0.2) is 42.4 Å². The zero-order valence-corrected chi connectivity index (χ0v) is 14.5. The van der Waals surface area contributed by atoms with Gasteiger partial charge in [0.2, 0.25) is 0 Å². The Labute approximate surface area is 134 Å². The molecule has 3 rings (SSSR count). The van der Waals surface area contributed by atoms with Gasteiger partial charge >= 0.3 is 0 Å². The molecule has 7 unspecified atom stereocenters. The zero-order valence-electron chi connectivity index (χ0n) is 14.5. The summed E-state index contributed by atoms with van der Waals surface area (Å²) in [5, 5.41) is 11.2. The maximum absolute atomic E-state index is 11.2. The van der Waals surface area contributed by atoms with Crippen molar-refractivity contribution in [3.63, 3.8) is 0 Å². The van der Waals surface area contributed by atoms with Gasteiger partial charge in [-0.1, -0.05) is 26.7 Å². The molecule has 3 fully saturated rings. The van der Waals surface area contributed by atoms with Crippen molar-refractivity contribution in [2.75, 3.05) is 13.2 Å². The van der Waals surface area contributed by atoms with Gasteiger partial charge in [0.05, 0.1) is 24.4 Å². The molecule has 0 aromatic carbocycles. The van der Waals surface area contributed by atoms with Crippen molar-refractivity contribution in [2.24, 2.45) is 23.7 Å². The molecule has 0 amide bonds. The molecule has 4 heteroatoms. The predicted octanol–water partition coefficient (Wildman–Crippen LogP) is 2.98. The largest absolute Gasteiger partial charge is 0.389 e. The summed E-state index contributed by atoms with van der Waals surface area (Å²) < 4.78 is 17.7. The van der Waals surface area contributed by atoms with Crippen molar-refractivity contribution >= 4 is 0 Å². The van der Waals surface area contributed by atoms with Gasteiger partial charge in [-0.25, -0.2) is 0 Å². The highest BCUT2D eigenvalue weighted by Gasteiger charge is 2.62.